The van der Waals surface area contributed by atoms with Crippen LogP contribution in [-0.4, -0.2) is 22.4 Å². The molecule has 0 spiro atoms. The maximum absolute atomic E-state index is 12.0. The minimum Gasteiger partial charge on any atom is -0.480 e. The van der Waals surface area contributed by atoms with Gasteiger partial charge in [0.05, 0.1) is 0 Å². The van der Waals surface area contributed by atoms with Crippen LogP contribution in [-0.2, 0) is 17.0 Å². The van der Waals surface area contributed by atoms with Crippen molar-refractivity contribution in [2.24, 2.45) is 0 Å². The van der Waals surface area contributed by atoms with Crippen molar-refractivity contribution in [2.75, 3.05) is 0 Å². The number of carboxylic acids is 1. The average molecular weight is 350 g/mol. The number of benzene rings is 2. The van der Waals surface area contributed by atoms with Crippen LogP contribution >= 0.6 is 23.4 Å². The molecule has 0 heterocycles. The fourth-order valence-electron chi connectivity index (χ4n) is 1.96. The SMILES string of the molecule is O=C(N[C@@H](Cc1ccccc1)C(=O)O)SCc1ccc(Cl)cc1. The van der Waals surface area contributed by atoms with E-state index in [1.165, 1.54) is 0 Å². The lowest BCUT2D eigenvalue weighted by molar-refractivity contribution is -0.139. The molecule has 6 heteroatoms. The molecular formula is C17H16ClNO3S. The minimum atomic E-state index is -1.05. The molecule has 0 saturated carbocycles. The zero-order valence-electron chi connectivity index (χ0n) is 12.2. The summed E-state index contributed by atoms with van der Waals surface area (Å²) in [5.41, 5.74) is 1.81. The van der Waals surface area contributed by atoms with Gasteiger partial charge in [0.15, 0.2) is 0 Å². The van der Waals surface area contributed by atoms with E-state index >= 15 is 0 Å². The zero-order valence-corrected chi connectivity index (χ0v) is 13.8. The summed E-state index contributed by atoms with van der Waals surface area (Å²) in [6.07, 6.45) is 0.253. The van der Waals surface area contributed by atoms with Crippen LogP contribution in [0.25, 0.3) is 0 Å². The first-order chi connectivity index (χ1) is 11.0. The Hall–Kier alpha value is -1.98. The molecule has 2 N–H and O–H groups in total. The summed E-state index contributed by atoms with van der Waals surface area (Å²) >= 11 is 6.84. The first-order valence-electron chi connectivity index (χ1n) is 6.99. The number of amides is 1. The predicted octanol–water partition coefficient (Wildman–Crippen LogP) is 3.98. The number of hydrogen-bond acceptors (Lipinski definition) is 3. The monoisotopic (exact) mass is 349 g/mol. The summed E-state index contributed by atoms with van der Waals surface area (Å²) in [4.78, 5) is 23.3. The molecule has 1 amide bonds. The molecule has 0 aliphatic heterocycles. The number of hydrogen-bond donors (Lipinski definition) is 2. The molecule has 2 rings (SSSR count). The van der Waals surface area contributed by atoms with Crippen LogP contribution in [0.5, 0.6) is 0 Å². The Morgan fingerprint density at radius 3 is 2.30 bits per heavy atom. The third-order valence-corrected chi connectivity index (χ3v) is 4.27. The summed E-state index contributed by atoms with van der Waals surface area (Å²) < 4.78 is 0. The molecular weight excluding hydrogens is 334 g/mol. The molecule has 2 aromatic carbocycles. The first-order valence-corrected chi connectivity index (χ1v) is 8.35. The van der Waals surface area contributed by atoms with Crippen molar-refractivity contribution in [3.63, 3.8) is 0 Å². The quantitative estimate of drug-likeness (QED) is 0.827. The summed E-state index contributed by atoms with van der Waals surface area (Å²) in [5.74, 6) is -0.588. The summed E-state index contributed by atoms with van der Waals surface area (Å²) in [6, 6.07) is 15.4. The lowest BCUT2D eigenvalue weighted by atomic mass is 10.1. The van der Waals surface area contributed by atoms with Crippen LogP contribution in [0.2, 0.25) is 5.02 Å². The van der Waals surface area contributed by atoms with Gasteiger partial charge >= 0.3 is 5.97 Å². The number of nitrogens with one attached hydrogen (secondary N) is 1. The zero-order chi connectivity index (χ0) is 16.7. The van der Waals surface area contributed by atoms with Crippen LogP contribution in [0.1, 0.15) is 11.1 Å². The summed E-state index contributed by atoms with van der Waals surface area (Å²) in [5, 5.41) is 12.1. The van der Waals surface area contributed by atoms with Crippen LogP contribution in [0.4, 0.5) is 4.79 Å². The second kappa shape index (κ2) is 8.60. The Labute approximate surface area is 143 Å². The average Bonchev–Trinajstić information content (AvgIpc) is 2.54. The molecule has 4 nitrogen and oxygen atoms in total. The molecule has 0 radical (unpaired) electrons. The van der Waals surface area contributed by atoms with E-state index < -0.39 is 12.0 Å². The molecule has 0 aromatic heterocycles. The van der Waals surface area contributed by atoms with Crippen molar-refractivity contribution in [1.82, 2.24) is 5.32 Å². The van der Waals surface area contributed by atoms with E-state index in [-0.39, 0.29) is 11.7 Å². The lowest BCUT2D eigenvalue weighted by Gasteiger charge is -2.14. The predicted molar refractivity (Wildman–Crippen MR) is 92.8 cm³/mol. The molecule has 1 atom stereocenters. The van der Waals surface area contributed by atoms with Gasteiger partial charge in [0.25, 0.3) is 5.24 Å². The normalized spacial score (nSPS) is 11.7. The maximum atomic E-state index is 12.0. The standard InChI is InChI=1S/C17H16ClNO3S/c18-14-8-6-13(7-9-14)11-23-17(22)19-15(16(20)21)10-12-4-2-1-3-5-12/h1-9,15H,10-11H2,(H,19,22)(H,20,21)/t15-/m0/s1. The second-order valence-electron chi connectivity index (χ2n) is 4.93. The van der Waals surface area contributed by atoms with Crippen molar-refractivity contribution in [1.29, 1.82) is 0 Å². The summed E-state index contributed by atoms with van der Waals surface area (Å²) in [6.45, 7) is 0. The fraction of sp³-hybridized carbons (Fsp3) is 0.176. The van der Waals surface area contributed by atoms with E-state index in [9.17, 15) is 14.7 Å². The molecule has 0 aliphatic carbocycles. The van der Waals surface area contributed by atoms with Crippen LogP contribution < -0.4 is 5.32 Å². The van der Waals surface area contributed by atoms with E-state index in [0.29, 0.717) is 10.8 Å². The van der Waals surface area contributed by atoms with Crippen LogP contribution in [0.3, 0.4) is 0 Å². The number of carboxylic acid groups (broad SMARTS) is 1. The van der Waals surface area contributed by atoms with Crippen molar-refractivity contribution in [3.05, 3.63) is 70.7 Å². The highest BCUT2D eigenvalue weighted by molar-refractivity contribution is 8.12. The van der Waals surface area contributed by atoms with Gasteiger partial charge in [0.2, 0.25) is 0 Å². The molecule has 0 unspecified atom stereocenters. The number of aliphatic carboxylic acids is 1. The molecule has 120 valence electrons. The van der Waals surface area contributed by atoms with Crippen molar-refractivity contribution in [3.8, 4) is 0 Å². The van der Waals surface area contributed by atoms with Gasteiger partial charge in [-0.15, -0.1) is 0 Å². The number of thioether (sulfide) groups is 1. The van der Waals surface area contributed by atoms with Gasteiger partial charge in [-0.2, -0.15) is 0 Å². The highest BCUT2D eigenvalue weighted by Gasteiger charge is 2.20. The Morgan fingerprint density at radius 1 is 1.04 bits per heavy atom. The Bertz CT molecular complexity index is 661. The Morgan fingerprint density at radius 2 is 1.70 bits per heavy atom. The van der Waals surface area contributed by atoms with Crippen LogP contribution in [0.15, 0.2) is 54.6 Å². The number of carbonyl (C=O) groups excluding carboxylic acids is 1. The fourth-order valence-corrected chi connectivity index (χ4v) is 2.81. The molecule has 23 heavy (non-hydrogen) atoms. The third-order valence-electron chi connectivity index (χ3n) is 3.16. The van der Waals surface area contributed by atoms with Crippen molar-refractivity contribution >= 4 is 34.6 Å². The molecule has 0 aliphatic rings. The first kappa shape index (κ1) is 17.4. The second-order valence-corrected chi connectivity index (χ2v) is 6.31. The van der Waals surface area contributed by atoms with Gasteiger partial charge in [-0.3, -0.25) is 4.79 Å². The van der Waals surface area contributed by atoms with E-state index in [0.717, 1.165) is 22.9 Å². The van der Waals surface area contributed by atoms with Gasteiger partial charge < -0.3 is 10.4 Å². The third kappa shape index (κ3) is 5.96. The smallest absolute Gasteiger partial charge is 0.326 e. The van der Waals surface area contributed by atoms with Gasteiger partial charge in [-0.1, -0.05) is 65.8 Å². The van der Waals surface area contributed by atoms with Gasteiger partial charge in [-0.25, -0.2) is 4.79 Å². The van der Waals surface area contributed by atoms with E-state index in [4.69, 9.17) is 11.6 Å². The summed E-state index contributed by atoms with van der Waals surface area (Å²) in [7, 11) is 0. The lowest BCUT2D eigenvalue weighted by Crippen LogP contribution is -2.40. The molecule has 0 bridgehead atoms. The highest BCUT2D eigenvalue weighted by atomic mass is 35.5. The van der Waals surface area contributed by atoms with Crippen molar-refractivity contribution < 1.29 is 14.7 Å². The Balaban J connectivity index is 1.88. The van der Waals surface area contributed by atoms with Gasteiger partial charge in [0, 0.05) is 17.2 Å². The number of rotatable bonds is 6. The molecule has 0 saturated heterocycles. The van der Waals surface area contributed by atoms with Crippen molar-refractivity contribution in [2.45, 2.75) is 18.2 Å². The minimum absolute atomic E-state index is 0.253. The van der Waals surface area contributed by atoms with Gasteiger partial charge in [-0.05, 0) is 23.3 Å². The highest BCUT2D eigenvalue weighted by Crippen LogP contribution is 2.16. The van der Waals surface area contributed by atoms with Gasteiger partial charge in [0.1, 0.15) is 6.04 Å². The topological polar surface area (TPSA) is 66.4 Å². The van der Waals surface area contributed by atoms with Crippen LogP contribution in [0, 0.1) is 0 Å². The number of carbonyl (C=O) groups is 2. The van der Waals surface area contributed by atoms with E-state index in [1.807, 2.05) is 42.5 Å². The Kier molecular flexibility index (Phi) is 6.50. The van der Waals surface area contributed by atoms with E-state index in [1.54, 1.807) is 12.1 Å². The molecule has 0 fully saturated rings. The maximum Gasteiger partial charge on any atom is 0.326 e. The number of halogens is 1. The largest absolute Gasteiger partial charge is 0.480 e. The molecule has 2 aromatic rings. The van der Waals surface area contributed by atoms with E-state index in [2.05, 4.69) is 5.32 Å².